The second kappa shape index (κ2) is 5.01. The lowest BCUT2D eigenvalue weighted by molar-refractivity contribution is 0.414. The Hall–Kier alpha value is -1.02. The average Bonchev–Trinajstić information content (AvgIpc) is 2.27. The van der Waals surface area contributed by atoms with E-state index < -0.39 is 0 Å². The van der Waals surface area contributed by atoms with Crippen molar-refractivity contribution in [2.45, 2.75) is 32.7 Å². The van der Waals surface area contributed by atoms with Crippen LogP contribution in [0.1, 0.15) is 37.4 Å². The van der Waals surface area contributed by atoms with Crippen molar-refractivity contribution in [2.75, 3.05) is 7.11 Å². The lowest BCUT2D eigenvalue weighted by Crippen LogP contribution is -2.11. The molecular formula is C12H19NO. The first kappa shape index (κ1) is 11.1. The molecule has 2 N–H and O–H groups in total. The van der Waals surface area contributed by atoms with Crippen LogP contribution in [0.4, 0.5) is 0 Å². The molecule has 2 nitrogen and oxygen atoms in total. The van der Waals surface area contributed by atoms with Crippen LogP contribution in [0.15, 0.2) is 18.2 Å². The van der Waals surface area contributed by atoms with Crippen molar-refractivity contribution in [2.24, 2.45) is 5.73 Å². The third-order valence-corrected chi connectivity index (χ3v) is 2.57. The molecule has 0 aliphatic rings. The highest BCUT2D eigenvalue weighted by molar-refractivity contribution is 5.37. The second-order valence-corrected chi connectivity index (χ2v) is 3.43. The number of rotatable bonds is 4. The summed E-state index contributed by atoms with van der Waals surface area (Å²) in [6.07, 6.45) is 1.97. The lowest BCUT2D eigenvalue weighted by Gasteiger charge is -2.15. The van der Waals surface area contributed by atoms with Crippen molar-refractivity contribution in [3.63, 3.8) is 0 Å². The highest BCUT2D eigenvalue weighted by atomic mass is 16.5. The van der Waals surface area contributed by atoms with E-state index in [0.717, 1.165) is 18.6 Å². The van der Waals surface area contributed by atoms with Crippen molar-refractivity contribution in [1.29, 1.82) is 0 Å². The van der Waals surface area contributed by atoms with E-state index in [1.54, 1.807) is 7.11 Å². The second-order valence-electron chi connectivity index (χ2n) is 3.43. The Kier molecular flexibility index (Phi) is 3.96. The van der Waals surface area contributed by atoms with Crippen LogP contribution in [0.2, 0.25) is 0 Å². The molecule has 0 radical (unpaired) electrons. The smallest absolute Gasteiger partial charge is 0.119 e. The van der Waals surface area contributed by atoms with Gasteiger partial charge in [0.05, 0.1) is 7.11 Å². The molecule has 0 heterocycles. The molecule has 0 fully saturated rings. The van der Waals surface area contributed by atoms with E-state index in [1.165, 1.54) is 11.1 Å². The van der Waals surface area contributed by atoms with Crippen LogP contribution in [0, 0.1) is 0 Å². The number of nitrogens with two attached hydrogens (primary N) is 1. The van der Waals surface area contributed by atoms with Crippen LogP contribution in [-0.2, 0) is 6.42 Å². The first-order valence-corrected chi connectivity index (χ1v) is 5.15. The number of hydrogen-bond donors (Lipinski definition) is 1. The lowest BCUT2D eigenvalue weighted by atomic mass is 9.97. The predicted molar refractivity (Wildman–Crippen MR) is 59.6 cm³/mol. The van der Waals surface area contributed by atoms with Gasteiger partial charge in [0.15, 0.2) is 0 Å². The van der Waals surface area contributed by atoms with E-state index in [2.05, 4.69) is 26.0 Å². The third kappa shape index (κ3) is 2.26. The molecule has 0 bridgehead atoms. The van der Waals surface area contributed by atoms with Crippen molar-refractivity contribution >= 4 is 0 Å². The Morgan fingerprint density at radius 2 is 2.07 bits per heavy atom. The molecule has 0 saturated carbocycles. The van der Waals surface area contributed by atoms with E-state index in [9.17, 15) is 0 Å². The van der Waals surface area contributed by atoms with Gasteiger partial charge < -0.3 is 10.5 Å². The molecule has 0 aliphatic carbocycles. The Morgan fingerprint density at radius 1 is 1.36 bits per heavy atom. The van der Waals surface area contributed by atoms with Gasteiger partial charge in [-0.3, -0.25) is 0 Å². The maximum Gasteiger partial charge on any atom is 0.119 e. The van der Waals surface area contributed by atoms with Crippen LogP contribution < -0.4 is 10.5 Å². The molecule has 0 saturated heterocycles. The molecule has 0 spiro atoms. The molecule has 0 aromatic heterocycles. The minimum Gasteiger partial charge on any atom is -0.497 e. The minimum atomic E-state index is 0.149. The summed E-state index contributed by atoms with van der Waals surface area (Å²) >= 11 is 0. The fourth-order valence-corrected chi connectivity index (χ4v) is 1.60. The van der Waals surface area contributed by atoms with Gasteiger partial charge in [-0.05, 0) is 36.1 Å². The van der Waals surface area contributed by atoms with Gasteiger partial charge in [0.25, 0.3) is 0 Å². The first-order valence-electron chi connectivity index (χ1n) is 5.15. The van der Waals surface area contributed by atoms with E-state index in [0.29, 0.717) is 0 Å². The van der Waals surface area contributed by atoms with Gasteiger partial charge in [0.2, 0.25) is 0 Å². The predicted octanol–water partition coefficient (Wildman–Crippen LogP) is 2.67. The average molecular weight is 193 g/mol. The molecule has 0 aliphatic heterocycles. The van der Waals surface area contributed by atoms with E-state index in [-0.39, 0.29) is 6.04 Å². The van der Waals surface area contributed by atoms with Crippen molar-refractivity contribution in [1.82, 2.24) is 0 Å². The Labute approximate surface area is 86.1 Å². The largest absolute Gasteiger partial charge is 0.497 e. The first-order chi connectivity index (χ1) is 6.72. The number of methoxy groups -OCH3 is 1. The molecule has 1 atom stereocenters. The van der Waals surface area contributed by atoms with E-state index in [1.807, 2.05) is 6.07 Å². The maximum atomic E-state index is 6.02. The highest BCUT2D eigenvalue weighted by Crippen LogP contribution is 2.23. The van der Waals surface area contributed by atoms with Crippen LogP contribution in [0.25, 0.3) is 0 Å². The van der Waals surface area contributed by atoms with Gasteiger partial charge in [0.1, 0.15) is 5.75 Å². The van der Waals surface area contributed by atoms with Crippen molar-refractivity contribution in [3.05, 3.63) is 29.3 Å². The summed E-state index contributed by atoms with van der Waals surface area (Å²) in [5, 5.41) is 0. The molecule has 1 aromatic carbocycles. The van der Waals surface area contributed by atoms with Gasteiger partial charge in [-0.15, -0.1) is 0 Å². The fourth-order valence-electron chi connectivity index (χ4n) is 1.60. The molecule has 1 aromatic rings. The molecule has 78 valence electrons. The fraction of sp³-hybridized carbons (Fsp3) is 0.500. The standard InChI is InChI=1S/C12H19NO/c1-4-9-8-10(14-3)6-7-11(9)12(13)5-2/h6-8,12H,4-5,13H2,1-3H3/t12-/m1/s1. The Bertz CT molecular complexity index is 296. The monoisotopic (exact) mass is 193 g/mol. The molecule has 0 amide bonds. The van der Waals surface area contributed by atoms with Crippen molar-refractivity contribution in [3.8, 4) is 5.75 Å². The zero-order valence-electron chi connectivity index (χ0n) is 9.21. The van der Waals surface area contributed by atoms with Crippen LogP contribution in [0.3, 0.4) is 0 Å². The molecule has 2 heteroatoms. The summed E-state index contributed by atoms with van der Waals surface area (Å²) in [6, 6.07) is 6.27. The van der Waals surface area contributed by atoms with Gasteiger partial charge >= 0.3 is 0 Å². The molecular weight excluding hydrogens is 174 g/mol. The quantitative estimate of drug-likeness (QED) is 0.798. The molecule has 1 rings (SSSR count). The SMILES string of the molecule is CCc1cc(OC)ccc1[C@H](N)CC. The number of hydrogen-bond acceptors (Lipinski definition) is 2. The Morgan fingerprint density at radius 3 is 2.57 bits per heavy atom. The zero-order chi connectivity index (χ0) is 10.6. The minimum absolute atomic E-state index is 0.149. The van der Waals surface area contributed by atoms with Crippen molar-refractivity contribution < 1.29 is 4.74 Å². The Balaban J connectivity index is 3.04. The van der Waals surface area contributed by atoms with E-state index >= 15 is 0 Å². The maximum absolute atomic E-state index is 6.02. The third-order valence-electron chi connectivity index (χ3n) is 2.57. The van der Waals surface area contributed by atoms with Crippen LogP contribution in [-0.4, -0.2) is 7.11 Å². The van der Waals surface area contributed by atoms with E-state index in [4.69, 9.17) is 10.5 Å². The van der Waals surface area contributed by atoms with Crippen LogP contribution in [0.5, 0.6) is 5.75 Å². The summed E-state index contributed by atoms with van der Waals surface area (Å²) < 4.78 is 5.18. The summed E-state index contributed by atoms with van der Waals surface area (Å²) in [4.78, 5) is 0. The van der Waals surface area contributed by atoms with Gasteiger partial charge in [-0.25, -0.2) is 0 Å². The molecule has 0 unspecified atom stereocenters. The topological polar surface area (TPSA) is 35.2 Å². The summed E-state index contributed by atoms with van der Waals surface area (Å²) in [5.41, 5.74) is 8.56. The molecule has 14 heavy (non-hydrogen) atoms. The zero-order valence-corrected chi connectivity index (χ0v) is 9.21. The normalized spacial score (nSPS) is 12.6. The summed E-state index contributed by atoms with van der Waals surface area (Å²) in [6.45, 7) is 4.25. The number of ether oxygens (including phenoxy) is 1. The van der Waals surface area contributed by atoms with Gasteiger partial charge in [-0.2, -0.15) is 0 Å². The van der Waals surface area contributed by atoms with Gasteiger partial charge in [-0.1, -0.05) is 19.9 Å². The van der Waals surface area contributed by atoms with Crippen LogP contribution >= 0.6 is 0 Å². The number of aryl methyl sites for hydroxylation is 1. The summed E-state index contributed by atoms with van der Waals surface area (Å²) in [7, 11) is 1.69. The van der Waals surface area contributed by atoms with Gasteiger partial charge in [0, 0.05) is 6.04 Å². The highest BCUT2D eigenvalue weighted by Gasteiger charge is 2.08. The number of benzene rings is 1. The summed E-state index contributed by atoms with van der Waals surface area (Å²) in [5.74, 6) is 0.911.